The van der Waals surface area contributed by atoms with Gasteiger partial charge in [0, 0.05) is 5.56 Å². The zero-order chi connectivity index (χ0) is 13.4. The Labute approximate surface area is 102 Å². The molecule has 1 nitrogen and oxygen atoms in total. The molecule has 0 atom stereocenters. The molecular weight excluding hydrogens is 288 g/mol. The van der Waals surface area contributed by atoms with Gasteiger partial charge in [0.2, 0.25) is 4.33 Å². The van der Waals surface area contributed by atoms with Gasteiger partial charge in [-0.25, -0.2) is 8.78 Å². The SMILES string of the molecule is N#CC(Cl)(Cl)c1cc(F)c(C(F)(F)F)c(F)c1. The maximum Gasteiger partial charge on any atom is 0.422 e. The van der Waals surface area contributed by atoms with Gasteiger partial charge in [0.1, 0.15) is 23.3 Å². The van der Waals surface area contributed by atoms with Crippen LogP contribution in [-0.4, -0.2) is 0 Å². The third-order valence-corrected chi connectivity index (χ3v) is 2.43. The molecule has 1 aromatic rings. The molecule has 0 bridgehead atoms. The number of benzene rings is 1. The molecule has 0 aliphatic carbocycles. The van der Waals surface area contributed by atoms with Gasteiger partial charge >= 0.3 is 6.18 Å². The molecule has 92 valence electrons. The molecule has 17 heavy (non-hydrogen) atoms. The molecule has 0 amide bonds. The van der Waals surface area contributed by atoms with Crippen LogP contribution in [0.5, 0.6) is 0 Å². The Hall–Kier alpha value is -1.06. The van der Waals surface area contributed by atoms with Crippen LogP contribution >= 0.6 is 23.2 Å². The van der Waals surface area contributed by atoms with E-state index < -0.39 is 33.3 Å². The zero-order valence-electron chi connectivity index (χ0n) is 7.75. The lowest BCUT2D eigenvalue weighted by molar-refractivity contribution is -0.142. The van der Waals surface area contributed by atoms with Crippen molar-refractivity contribution in [2.24, 2.45) is 0 Å². The third-order valence-electron chi connectivity index (χ3n) is 1.83. The first kappa shape index (κ1) is 14.0. The largest absolute Gasteiger partial charge is 0.422 e. The lowest BCUT2D eigenvalue weighted by atomic mass is 10.1. The van der Waals surface area contributed by atoms with E-state index in [0.717, 1.165) is 0 Å². The van der Waals surface area contributed by atoms with Crippen LogP contribution in [-0.2, 0) is 10.5 Å². The normalized spacial score (nSPS) is 12.4. The van der Waals surface area contributed by atoms with Gasteiger partial charge in [-0.2, -0.15) is 18.4 Å². The summed E-state index contributed by atoms with van der Waals surface area (Å²) >= 11 is 10.7. The fourth-order valence-corrected chi connectivity index (χ4v) is 1.31. The minimum absolute atomic E-state index is 0.273. The lowest BCUT2D eigenvalue weighted by Crippen LogP contribution is -2.15. The summed E-state index contributed by atoms with van der Waals surface area (Å²) in [6.45, 7) is 0. The van der Waals surface area contributed by atoms with Crippen molar-refractivity contribution in [1.29, 1.82) is 5.26 Å². The van der Waals surface area contributed by atoms with Gasteiger partial charge in [0.05, 0.1) is 0 Å². The van der Waals surface area contributed by atoms with Crippen LogP contribution in [0.1, 0.15) is 11.1 Å². The molecule has 0 unspecified atom stereocenters. The van der Waals surface area contributed by atoms with Gasteiger partial charge in [-0.1, -0.05) is 23.2 Å². The van der Waals surface area contributed by atoms with Crippen molar-refractivity contribution in [1.82, 2.24) is 0 Å². The third kappa shape index (κ3) is 2.79. The van der Waals surface area contributed by atoms with Gasteiger partial charge in [0.25, 0.3) is 0 Å². The first-order valence-corrected chi connectivity index (χ1v) is 4.71. The minimum atomic E-state index is -5.18. The van der Waals surface area contributed by atoms with E-state index in [0.29, 0.717) is 0 Å². The summed E-state index contributed by atoms with van der Waals surface area (Å²) in [7, 11) is 0. The van der Waals surface area contributed by atoms with E-state index in [-0.39, 0.29) is 12.1 Å². The van der Waals surface area contributed by atoms with E-state index in [1.807, 2.05) is 0 Å². The van der Waals surface area contributed by atoms with Crippen LogP contribution in [0.25, 0.3) is 0 Å². The number of nitriles is 1. The smallest absolute Gasteiger partial charge is 0.206 e. The average molecular weight is 290 g/mol. The molecule has 0 radical (unpaired) electrons. The molecule has 1 rings (SSSR count). The second kappa shape index (κ2) is 4.31. The Morgan fingerprint density at radius 3 is 1.76 bits per heavy atom. The number of nitrogens with zero attached hydrogens (tertiary/aromatic N) is 1. The Kier molecular flexibility index (Phi) is 3.55. The van der Waals surface area contributed by atoms with Crippen molar-refractivity contribution >= 4 is 23.2 Å². The van der Waals surface area contributed by atoms with Crippen LogP contribution in [0.15, 0.2) is 12.1 Å². The summed E-state index contributed by atoms with van der Waals surface area (Å²) in [5, 5.41) is 8.48. The highest BCUT2D eigenvalue weighted by Crippen LogP contribution is 2.38. The molecule has 0 saturated carbocycles. The van der Waals surface area contributed by atoms with E-state index in [9.17, 15) is 22.0 Å². The predicted octanol–water partition coefficient (Wildman–Crippen LogP) is 4.14. The molecule has 0 spiro atoms. The Morgan fingerprint density at radius 2 is 1.47 bits per heavy atom. The number of halogens is 7. The topological polar surface area (TPSA) is 23.8 Å². The molecule has 0 fully saturated rings. The van der Waals surface area contributed by atoms with Gasteiger partial charge < -0.3 is 0 Å². The van der Waals surface area contributed by atoms with E-state index in [1.54, 1.807) is 0 Å². The predicted molar refractivity (Wildman–Crippen MR) is 50.4 cm³/mol. The van der Waals surface area contributed by atoms with Crippen molar-refractivity contribution in [3.05, 3.63) is 34.9 Å². The lowest BCUT2D eigenvalue weighted by Gasteiger charge is -2.14. The summed E-state index contributed by atoms with van der Waals surface area (Å²) in [5.74, 6) is -3.76. The quantitative estimate of drug-likeness (QED) is 0.563. The summed E-state index contributed by atoms with van der Waals surface area (Å²) in [4.78, 5) is 0. The number of hydrogen-bond donors (Lipinski definition) is 0. The molecule has 0 saturated heterocycles. The molecule has 0 aromatic heterocycles. The van der Waals surface area contributed by atoms with Crippen molar-refractivity contribution in [3.63, 3.8) is 0 Å². The maximum atomic E-state index is 13.1. The highest BCUT2D eigenvalue weighted by atomic mass is 35.5. The van der Waals surface area contributed by atoms with Gasteiger partial charge in [-0.15, -0.1) is 0 Å². The standard InChI is InChI=1S/C9H2Cl2F5N/c10-8(11,3-17)4-1-5(12)7(6(13)2-4)9(14,15)16/h1-2H. The number of rotatable bonds is 1. The van der Waals surface area contributed by atoms with Crippen LogP contribution in [0.4, 0.5) is 22.0 Å². The van der Waals surface area contributed by atoms with Crippen molar-refractivity contribution < 1.29 is 22.0 Å². The van der Waals surface area contributed by atoms with E-state index >= 15 is 0 Å². The van der Waals surface area contributed by atoms with E-state index in [2.05, 4.69) is 0 Å². The Bertz CT molecular complexity index is 466. The average Bonchev–Trinajstić information content (AvgIpc) is 2.14. The molecule has 8 heteroatoms. The van der Waals surface area contributed by atoms with Crippen molar-refractivity contribution in [2.75, 3.05) is 0 Å². The molecule has 0 aliphatic rings. The highest BCUT2D eigenvalue weighted by molar-refractivity contribution is 6.50. The highest BCUT2D eigenvalue weighted by Gasteiger charge is 2.39. The maximum absolute atomic E-state index is 13.1. The summed E-state index contributed by atoms with van der Waals surface area (Å²) in [6.07, 6.45) is -5.18. The van der Waals surface area contributed by atoms with Gasteiger partial charge in [-0.3, -0.25) is 0 Å². The summed E-state index contributed by atoms with van der Waals surface area (Å²) < 4.78 is 60.5. The van der Waals surface area contributed by atoms with E-state index in [1.165, 1.54) is 6.07 Å². The van der Waals surface area contributed by atoms with Gasteiger partial charge in [0.15, 0.2) is 0 Å². The molecule has 0 N–H and O–H groups in total. The van der Waals surface area contributed by atoms with E-state index in [4.69, 9.17) is 28.5 Å². The van der Waals surface area contributed by atoms with Crippen LogP contribution < -0.4 is 0 Å². The summed E-state index contributed by atoms with van der Waals surface area (Å²) in [5.41, 5.74) is -2.66. The van der Waals surface area contributed by atoms with Gasteiger partial charge in [-0.05, 0) is 12.1 Å². The molecule has 0 heterocycles. The fourth-order valence-electron chi connectivity index (χ4n) is 1.09. The zero-order valence-corrected chi connectivity index (χ0v) is 9.26. The minimum Gasteiger partial charge on any atom is -0.206 e. The number of alkyl halides is 5. The monoisotopic (exact) mass is 289 g/mol. The first-order chi connectivity index (χ1) is 7.59. The van der Waals surface area contributed by atoms with Crippen LogP contribution in [0.2, 0.25) is 0 Å². The number of hydrogen-bond acceptors (Lipinski definition) is 1. The van der Waals surface area contributed by atoms with Crippen LogP contribution in [0.3, 0.4) is 0 Å². The fraction of sp³-hybridized carbons (Fsp3) is 0.222. The van der Waals surface area contributed by atoms with Crippen LogP contribution in [0, 0.1) is 23.0 Å². The second-order valence-electron chi connectivity index (χ2n) is 3.00. The van der Waals surface area contributed by atoms with Crippen molar-refractivity contribution in [3.8, 4) is 6.07 Å². The Morgan fingerprint density at radius 1 is 1.06 bits per heavy atom. The molecular formula is C9H2Cl2F5N. The van der Waals surface area contributed by atoms with Crippen molar-refractivity contribution in [2.45, 2.75) is 10.5 Å². The second-order valence-corrected chi connectivity index (χ2v) is 4.33. The Balaban J connectivity index is 3.45. The first-order valence-electron chi connectivity index (χ1n) is 3.95. The molecule has 1 aromatic carbocycles. The summed E-state index contributed by atoms with van der Waals surface area (Å²) in [6, 6.07) is 1.83. The molecule has 0 aliphatic heterocycles.